The number of aliphatic hydroxyl groups is 3. The number of Topliss-reactive ketones (excluding diaryl/α,β-unsaturated/α-hetero) is 1. The summed E-state index contributed by atoms with van der Waals surface area (Å²) in [6, 6.07) is 34.7. The molecule has 4 aliphatic rings. The maximum absolute atomic E-state index is 14.4. The molecule has 4 aromatic carbocycles. The van der Waals surface area contributed by atoms with E-state index in [1.807, 2.05) is 111 Å². The summed E-state index contributed by atoms with van der Waals surface area (Å²) in [7, 11) is 0. The first-order valence-electron chi connectivity index (χ1n) is 28.6. The normalized spacial score (nSPS) is 28.7. The van der Waals surface area contributed by atoms with Crippen LogP contribution >= 0.6 is 0 Å². The monoisotopic (exact) mass is 1180 g/mol. The van der Waals surface area contributed by atoms with Gasteiger partial charge < -0.3 is 78.6 Å². The maximum Gasteiger partial charge on any atom is 0.408 e. The van der Waals surface area contributed by atoms with Crippen LogP contribution in [0.2, 0.25) is 0 Å². The van der Waals surface area contributed by atoms with Gasteiger partial charge >= 0.3 is 18.3 Å². The van der Waals surface area contributed by atoms with E-state index >= 15 is 0 Å². The molecule has 0 aromatic heterocycles. The Balaban J connectivity index is 1.01. The molecule has 3 amide bonds. The van der Waals surface area contributed by atoms with Crippen molar-refractivity contribution >= 4 is 24.1 Å². The van der Waals surface area contributed by atoms with Crippen LogP contribution < -0.4 is 16.0 Å². The van der Waals surface area contributed by atoms with E-state index in [0.29, 0.717) is 6.42 Å². The van der Waals surface area contributed by atoms with Gasteiger partial charge in [-0.1, -0.05) is 172 Å². The van der Waals surface area contributed by atoms with Crippen molar-refractivity contribution in [3.05, 3.63) is 178 Å². The van der Waals surface area contributed by atoms with Crippen LogP contribution in [-0.4, -0.2) is 145 Å². The first-order chi connectivity index (χ1) is 41.3. The summed E-state index contributed by atoms with van der Waals surface area (Å²) >= 11 is 0. The first kappa shape index (κ1) is 63.8. The van der Waals surface area contributed by atoms with Crippen molar-refractivity contribution in [3.63, 3.8) is 0 Å². The van der Waals surface area contributed by atoms with E-state index in [1.54, 1.807) is 55.5 Å². The molecular formula is C62H76N6O17. The van der Waals surface area contributed by atoms with Crippen molar-refractivity contribution in [1.29, 1.82) is 0 Å². The second-order valence-electron chi connectivity index (χ2n) is 21.4. The molecule has 456 valence electrons. The van der Waals surface area contributed by atoms with Gasteiger partial charge in [-0.25, -0.2) is 14.4 Å². The molecule has 0 bridgehead atoms. The highest BCUT2D eigenvalue weighted by Gasteiger charge is 2.53. The van der Waals surface area contributed by atoms with Gasteiger partial charge in [-0.3, -0.25) is 4.79 Å². The van der Waals surface area contributed by atoms with Crippen LogP contribution in [0.15, 0.2) is 151 Å². The van der Waals surface area contributed by atoms with Crippen LogP contribution in [0.1, 0.15) is 62.3 Å². The predicted molar refractivity (Wildman–Crippen MR) is 305 cm³/mol. The molecule has 4 aromatic rings. The average Bonchev–Trinajstić information content (AvgIpc) is 3.69. The maximum atomic E-state index is 14.4. The summed E-state index contributed by atoms with van der Waals surface area (Å²) in [5.74, 6) is -2.37. The van der Waals surface area contributed by atoms with Gasteiger partial charge in [0, 0.05) is 17.3 Å². The summed E-state index contributed by atoms with van der Waals surface area (Å²) in [6.07, 6.45) is -9.68. The number of carbonyl (C=O) groups is 4. The van der Waals surface area contributed by atoms with Crippen LogP contribution in [0.3, 0.4) is 0 Å². The van der Waals surface area contributed by atoms with Gasteiger partial charge in [0.2, 0.25) is 0 Å². The van der Waals surface area contributed by atoms with Crippen LogP contribution in [0, 0.1) is 17.8 Å². The van der Waals surface area contributed by atoms with Crippen LogP contribution in [0.4, 0.5) is 14.4 Å². The summed E-state index contributed by atoms with van der Waals surface area (Å²) in [5, 5.41) is 47.7. The Hall–Kier alpha value is -7.25. The Kier molecular flexibility index (Phi) is 24.2. The second-order valence-corrected chi connectivity index (χ2v) is 21.4. The number of amides is 3. The molecule has 8 rings (SSSR count). The van der Waals surface area contributed by atoms with E-state index in [4.69, 9.17) is 47.4 Å². The molecule has 0 unspecified atom stereocenters. The fourth-order valence-electron chi connectivity index (χ4n) is 10.5. The SMILES string of the molecule is CC[C@@H]1C=C[C@@H](NC(=O)OCc2ccccc2)[C@@H](O[C@H]2[C@H](O[C@@H]3O[C@H](CO)[C@@H](O[C@H]4O[C@@H](CNC(=O)OCc5ccccc5)C=C[C@H]4NC(=O)OCc4ccccc4)[C@H]3O)[C@@H](O)[C@H](CC(=O)[C@@H](C)[C@H](CN=[N+]=[N-])OCc3ccccc3)C[C@@H]2C)O1. The van der Waals surface area contributed by atoms with Gasteiger partial charge in [-0.15, -0.1) is 0 Å². The number of alkyl carbamates (subject to hydrolysis) is 3. The molecule has 1 saturated heterocycles. The van der Waals surface area contributed by atoms with Crippen molar-refractivity contribution < 1.29 is 81.9 Å². The van der Waals surface area contributed by atoms with Gasteiger partial charge in [-0.2, -0.15) is 0 Å². The molecule has 3 aliphatic heterocycles. The molecule has 17 atom stereocenters. The third-order valence-corrected chi connectivity index (χ3v) is 15.2. The molecule has 1 aliphatic carbocycles. The molecule has 23 heteroatoms. The molecule has 23 nitrogen and oxygen atoms in total. The zero-order chi connectivity index (χ0) is 60.1. The van der Waals surface area contributed by atoms with Gasteiger partial charge in [-0.05, 0) is 52.5 Å². The summed E-state index contributed by atoms with van der Waals surface area (Å²) in [6.45, 7) is 4.61. The van der Waals surface area contributed by atoms with Crippen LogP contribution in [-0.2, 0) is 78.6 Å². The minimum atomic E-state index is -1.72. The lowest BCUT2D eigenvalue weighted by molar-refractivity contribution is -0.291. The van der Waals surface area contributed by atoms with Crippen molar-refractivity contribution in [2.24, 2.45) is 22.9 Å². The number of azide groups is 1. The zero-order valence-electron chi connectivity index (χ0n) is 47.6. The molecule has 2 fully saturated rings. The summed E-state index contributed by atoms with van der Waals surface area (Å²) in [5.41, 5.74) is 12.4. The van der Waals surface area contributed by atoms with E-state index in [1.165, 1.54) is 0 Å². The Bertz CT molecular complexity index is 2840. The molecule has 1 saturated carbocycles. The minimum absolute atomic E-state index is 0.00586. The predicted octanol–water partition coefficient (Wildman–Crippen LogP) is 7.22. The molecule has 0 radical (unpaired) electrons. The Labute approximate surface area is 493 Å². The highest BCUT2D eigenvalue weighted by Crippen LogP contribution is 2.40. The van der Waals surface area contributed by atoms with Gasteiger partial charge in [0.1, 0.15) is 62.1 Å². The Morgan fingerprint density at radius 2 is 1.12 bits per heavy atom. The third kappa shape index (κ3) is 18.6. The number of benzene rings is 4. The smallest absolute Gasteiger partial charge is 0.408 e. The Morgan fingerprint density at radius 3 is 1.64 bits per heavy atom. The molecule has 3 heterocycles. The number of ketones is 1. The molecule has 6 N–H and O–H groups in total. The number of nitrogens with zero attached hydrogens (tertiary/aromatic N) is 3. The molecule has 0 spiro atoms. The number of hydrogen-bond acceptors (Lipinski definition) is 18. The van der Waals surface area contributed by atoms with E-state index < -0.39 is 129 Å². The number of ether oxygens (including phenoxy) is 10. The topological polar surface area (TPSA) is 306 Å². The number of carbonyl (C=O) groups excluding carboxylic acids is 4. The van der Waals surface area contributed by atoms with Crippen molar-refractivity contribution in [2.75, 3.05) is 19.7 Å². The summed E-state index contributed by atoms with van der Waals surface area (Å²) < 4.78 is 61.5. The largest absolute Gasteiger partial charge is 0.445 e. The van der Waals surface area contributed by atoms with Crippen molar-refractivity contribution in [2.45, 2.75) is 152 Å². The lowest BCUT2D eigenvalue weighted by Gasteiger charge is -2.46. The second kappa shape index (κ2) is 32.3. The third-order valence-electron chi connectivity index (χ3n) is 15.2. The highest BCUT2D eigenvalue weighted by molar-refractivity contribution is 5.81. The van der Waals surface area contributed by atoms with Gasteiger partial charge in [0.25, 0.3) is 0 Å². The molecular weight excluding hydrogens is 1100 g/mol. The van der Waals surface area contributed by atoms with Gasteiger partial charge in [0.15, 0.2) is 18.9 Å². The first-order valence-corrected chi connectivity index (χ1v) is 28.6. The summed E-state index contributed by atoms with van der Waals surface area (Å²) in [4.78, 5) is 56.7. The van der Waals surface area contributed by atoms with Crippen molar-refractivity contribution in [1.82, 2.24) is 16.0 Å². The minimum Gasteiger partial charge on any atom is -0.445 e. The van der Waals surface area contributed by atoms with Crippen LogP contribution in [0.25, 0.3) is 10.4 Å². The van der Waals surface area contributed by atoms with E-state index in [0.717, 1.165) is 22.3 Å². The van der Waals surface area contributed by atoms with E-state index in [-0.39, 0.29) is 58.1 Å². The van der Waals surface area contributed by atoms with E-state index in [2.05, 4.69) is 26.0 Å². The lowest BCUT2D eigenvalue weighted by Crippen LogP contribution is -2.58. The van der Waals surface area contributed by atoms with Crippen molar-refractivity contribution in [3.8, 4) is 0 Å². The molecule has 85 heavy (non-hydrogen) atoms. The average molecular weight is 1180 g/mol. The number of rotatable bonds is 27. The number of nitrogens with one attached hydrogen (secondary N) is 3. The fraction of sp³-hybridized carbons (Fsp3) is 0.484. The zero-order valence-corrected chi connectivity index (χ0v) is 47.6. The van der Waals surface area contributed by atoms with Crippen LogP contribution in [0.5, 0.6) is 0 Å². The van der Waals surface area contributed by atoms with Gasteiger partial charge in [0.05, 0.1) is 56.8 Å². The number of hydrogen-bond donors (Lipinski definition) is 6. The lowest BCUT2D eigenvalue weighted by atomic mass is 9.73. The Morgan fingerprint density at radius 1 is 0.635 bits per heavy atom. The quantitative estimate of drug-likeness (QED) is 0.0113. The van der Waals surface area contributed by atoms with E-state index in [9.17, 15) is 40.0 Å². The standard InChI is InChI=1S/C62H76N6O17/c1-4-45-25-27-47(66-61(74)78-36-42-21-13-7-14-22-42)57(80-45)83-54-38(2)29-44(30-49(70)39(3)50(32-65-68-63)76-34-40-17-9-5-10-18-40)52(71)56(54)85-59-53(72)55(51(33-69)82-59)84-58-48(67-62(75)79-37-43-23-15-8-16-24-43)28-26-46(81-58)31-64-60(73)77-35-41-19-11-6-12-20-41/h5-28,38-39,44-48,50-59,69,71-72H,4,29-37H2,1-3H3,(H,64,73)(H,66,74)(H,67,75)/t38-,39+,44-,45+,46+,47+,48+,50-,51+,52-,53+,54+,55+,56+,57+,58+,59-/m0/s1. The highest BCUT2D eigenvalue weighted by atomic mass is 16.8. The fourth-order valence-corrected chi connectivity index (χ4v) is 10.5. The number of aliphatic hydroxyl groups excluding tert-OH is 3.